The predicted octanol–water partition coefficient (Wildman–Crippen LogP) is 2.88. The van der Waals surface area contributed by atoms with E-state index < -0.39 is 0 Å². The van der Waals surface area contributed by atoms with Gasteiger partial charge in [0, 0.05) is 17.6 Å². The summed E-state index contributed by atoms with van der Waals surface area (Å²) < 4.78 is 6.23. The zero-order valence-corrected chi connectivity index (χ0v) is 12.7. The molecule has 0 saturated carbocycles. The monoisotopic (exact) mass is 326 g/mol. The van der Waals surface area contributed by atoms with Crippen molar-refractivity contribution >= 4 is 27.5 Å². The van der Waals surface area contributed by atoms with Crippen molar-refractivity contribution < 1.29 is 9.53 Å². The molecule has 5 heteroatoms. The van der Waals surface area contributed by atoms with Crippen LogP contribution in [0.2, 0.25) is 0 Å². The van der Waals surface area contributed by atoms with Crippen LogP contribution in [-0.4, -0.2) is 37.6 Å². The van der Waals surface area contributed by atoms with Gasteiger partial charge in [-0.15, -0.1) is 0 Å². The molecule has 1 saturated heterocycles. The quantitative estimate of drug-likeness (QED) is 0.925. The number of hydrogen-bond acceptors (Lipinski definition) is 3. The van der Waals surface area contributed by atoms with Crippen molar-refractivity contribution in [3.05, 3.63) is 22.7 Å². The van der Waals surface area contributed by atoms with Crippen LogP contribution < -0.4 is 10.1 Å². The number of ether oxygens (including phenoxy) is 1. The lowest BCUT2D eigenvalue weighted by atomic mass is 10.1. The smallest absolute Gasteiger partial charge is 0.241 e. The van der Waals surface area contributed by atoms with Crippen molar-refractivity contribution in [1.29, 1.82) is 0 Å². The van der Waals surface area contributed by atoms with E-state index in [0.717, 1.165) is 41.8 Å². The number of methoxy groups -OCH3 is 1. The van der Waals surface area contributed by atoms with Gasteiger partial charge < -0.3 is 15.0 Å². The second-order valence-corrected chi connectivity index (χ2v) is 5.56. The molecule has 0 aromatic heterocycles. The molecule has 0 spiro atoms. The highest BCUT2D eigenvalue weighted by Crippen LogP contribution is 2.27. The second-order valence-electron chi connectivity index (χ2n) is 4.64. The van der Waals surface area contributed by atoms with Gasteiger partial charge in [0.1, 0.15) is 5.75 Å². The van der Waals surface area contributed by atoms with Gasteiger partial charge in [0.15, 0.2) is 0 Å². The number of anilines is 1. The SMILES string of the molecule is COc1ccc(Br)cc1NCC(=O)N1CCCCC1. The maximum Gasteiger partial charge on any atom is 0.241 e. The van der Waals surface area contributed by atoms with E-state index in [1.165, 1.54) is 6.42 Å². The average Bonchev–Trinajstić information content (AvgIpc) is 2.46. The van der Waals surface area contributed by atoms with Crippen LogP contribution in [0.4, 0.5) is 5.69 Å². The number of piperidine rings is 1. The molecule has 1 aliphatic heterocycles. The number of carbonyl (C=O) groups is 1. The average molecular weight is 327 g/mol. The van der Waals surface area contributed by atoms with Gasteiger partial charge in [-0.25, -0.2) is 0 Å². The van der Waals surface area contributed by atoms with Crippen LogP contribution in [-0.2, 0) is 4.79 Å². The van der Waals surface area contributed by atoms with Crippen molar-refractivity contribution in [3.63, 3.8) is 0 Å². The molecule has 1 aliphatic rings. The van der Waals surface area contributed by atoms with Crippen LogP contribution in [0.1, 0.15) is 19.3 Å². The Hall–Kier alpha value is -1.23. The van der Waals surface area contributed by atoms with Crippen molar-refractivity contribution in [1.82, 2.24) is 4.90 Å². The van der Waals surface area contributed by atoms with E-state index in [-0.39, 0.29) is 5.91 Å². The van der Waals surface area contributed by atoms with Crippen molar-refractivity contribution in [2.45, 2.75) is 19.3 Å². The summed E-state index contributed by atoms with van der Waals surface area (Å²) in [6, 6.07) is 5.70. The first-order valence-corrected chi connectivity index (χ1v) is 7.35. The summed E-state index contributed by atoms with van der Waals surface area (Å²) in [6.07, 6.45) is 3.47. The van der Waals surface area contributed by atoms with Gasteiger partial charge in [-0.2, -0.15) is 0 Å². The first kappa shape index (κ1) is 14.2. The summed E-state index contributed by atoms with van der Waals surface area (Å²) in [6.45, 7) is 2.08. The molecule has 1 aromatic rings. The summed E-state index contributed by atoms with van der Waals surface area (Å²) in [4.78, 5) is 14.0. The summed E-state index contributed by atoms with van der Waals surface area (Å²) in [5, 5.41) is 3.16. The molecule has 0 aliphatic carbocycles. The lowest BCUT2D eigenvalue weighted by Crippen LogP contribution is -2.39. The van der Waals surface area contributed by atoms with Gasteiger partial charge >= 0.3 is 0 Å². The Bertz CT molecular complexity index is 445. The number of amides is 1. The minimum absolute atomic E-state index is 0.154. The number of halogens is 1. The summed E-state index contributed by atoms with van der Waals surface area (Å²) in [7, 11) is 1.63. The highest BCUT2D eigenvalue weighted by atomic mass is 79.9. The van der Waals surface area contributed by atoms with Crippen LogP contribution >= 0.6 is 15.9 Å². The molecule has 2 rings (SSSR count). The standard InChI is InChI=1S/C14H19BrN2O2/c1-19-13-6-5-11(15)9-12(13)16-10-14(18)17-7-3-2-4-8-17/h5-6,9,16H,2-4,7-8,10H2,1H3. The summed E-state index contributed by atoms with van der Waals surface area (Å²) in [5.41, 5.74) is 0.835. The Kier molecular flexibility index (Phi) is 5.07. The molecule has 4 nitrogen and oxygen atoms in total. The molecule has 1 fully saturated rings. The molecular weight excluding hydrogens is 308 g/mol. The van der Waals surface area contributed by atoms with E-state index in [1.807, 2.05) is 23.1 Å². The fourth-order valence-corrected chi connectivity index (χ4v) is 2.61. The van der Waals surface area contributed by atoms with Crippen LogP contribution in [0, 0.1) is 0 Å². The van der Waals surface area contributed by atoms with E-state index in [9.17, 15) is 4.79 Å². The number of hydrogen-bond donors (Lipinski definition) is 1. The molecule has 19 heavy (non-hydrogen) atoms. The number of nitrogens with zero attached hydrogens (tertiary/aromatic N) is 1. The third-order valence-electron chi connectivity index (χ3n) is 3.30. The molecular formula is C14H19BrN2O2. The highest BCUT2D eigenvalue weighted by molar-refractivity contribution is 9.10. The Balaban J connectivity index is 1.94. The number of benzene rings is 1. The fourth-order valence-electron chi connectivity index (χ4n) is 2.24. The van der Waals surface area contributed by atoms with Gasteiger partial charge in [0.25, 0.3) is 0 Å². The molecule has 0 atom stereocenters. The van der Waals surface area contributed by atoms with Crippen molar-refractivity contribution in [3.8, 4) is 5.75 Å². The van der Waals surface area contributed by atoms with Crippen molar-refractivity contribution in [2.75, 3.05) is 32.1 Å². The van der Waals surface area contributed by atoms with Crippen LogP contribution in [0.15, 0.2) is 22.7 Å². The predicted molar refractivity (Wildman–Crippen MR) is 79.6 cm³/mol. The zero-order valence-electron chi connectivity index (χ0n) is 11.1. The molecule has 1 amide bonds. The zero-order chi connectivity index (χ0) is 13.7. The number of likely N-dealkylation sites (tertiary alicyclic amines) is 1. The third-order valence-corrected chi connectivity index (χ3v) is 3.79. The minimum atomic E-state index is 0.154. The van der Waals surface area contributed by atoms with Gasteiger partial charge in [-0.3, -0.25) is 4.79 Å². The van der Waals surface area contributed by atoms with Crippen LogP contribution in [0.5, 0.6) is 5.75 Å². The van der Waals surface area contributed by atoms with Crippen molar-refractivity contribution in [2.24, 2.45) is 0 Å². The second kappa shape index (κ2) is 6.80. The summed E-state index contributed by atoms with van der Waals surface area (Å²) >= 11 is 3.42. The minimum Gasteiger partial charge on any atom is -0.495 e. The van der Waals surface area contributed by atoms with E-state index in [2.05, 4.69) is 21.2 Å². The van der Waals surface area contributed by atoms with E-state index in [0.29, 0.717) is 6.54 Å². The number of carbonyl (C=O) groups excluding carboxylic acids is 1. The fraction of sp³-hybridized carbons (Fsp3) is 0.500. The van der Waals surface area contributed by atoms with Crippen LogP contribution in [0.3, 0.4) is 0 Å². The normalized spacial score (nSPS) is 15.2. The van der Waals surface area contributed by atoms with Crippen LogP contribution in [0.25, 0.3) is 0 Å². The van der Waals surface area contributed by atoms with Gasteiger partial charge in [0.2, 0.25) is 5.91 Å². The van der Waals surface area contributed by atoms with E-state index in [4.69, 9.17) is 4.74 Å². The maximum absolute atomic E-state index is 12.1. The first-order chi connectivity index (χ1) is 9.20. The number of rotatable bonds is 4. The molecule has 0 unspecified atom stereocenters. The Labute approximate surface area is 122 Å². The van der Waals surface area contributed by atoms with Gasteiger partial charge in [0.05, 0.1) is 19.3 Å². The highest BCUT2D eigenvalue weighted by Gasteiger charge is 2.16. The molecule has 1 aromatic carbocycles. The molecule has 1 N–H and O–H groups in total. The van der Waals surface area contributed by atoms with E-state index in [1.54, 1.807) is 7.11 Å². The van der Waals surface area contributed by atoms with E-state index >= 15 is 0 Å². The third kappa shape index (κ3) is 3.86. The lowest BCUT2D eigenvalue weighted by Gasteiger charge is -2.27. The number of nitrogens with one attached hydrogen (secondary N) is 1. The summed E-state index contributed by atoms with van der Waals surface area (Å²) in [5.74, 6) is 0.899. The first-order valence-electron chi connectivity index (χ1n) is 6.56. The topological polar surface area (TPSA) is 41.6 Å². The van der Waals surface area contributed by atoms with Gasteiger partial charge in [-0.1, -0.05) is 15.9 Å². The lowest BCUT2D eigenvalue weighted by molar-refractivity contribution is -0.130. The molecule has 0 radical (unpaired) electrons. The molecule has 1 heterocycles. The van der Waals surface area contributed by atoms with Gasteiger partial charge in [-0.05, 0) is 37.5 Å². The molecule has 0 bridgehead atoms. The Morgan fingerprint density at radius 2 is 2.11 bits per heavy atom. The largest absolute Gasteiger partial charge is 0.495 e. The Morgan fingerprint density at radius 3 is 2.79 bits per heavy atom. The maximum atomic E-state index is 12.1. The molecule has 104 valence electrons. The Morgan fingerprint density at radius 1 is 1.37 bits per heavy atom.